The molecule has 1 aromatic carbocycles. The molecule has 0 aliphatic carbocycles. The Labute approximate surface area is 132 Å². The Morgan fingerprint density at radius 3 is 2.76 bits per heavy atom. The van der Waals surface area contributed by atoms with Crippen molar-refractivity contribution in [3.05, 3.63) is 34.6 Å². The van der Waals surface area contributed by atoms with E-state index in [1.165, 1.54) is 25.3 Å². The number of piperazine rings is 1. The molecule has 2 nitrogen and oxygen atoms in total. The predicted molar refractivity (Wildman–Crippen MR) is 87.2 cm³/mol. The van der Waals surface area contributed by atoms with Crippen molar-refractivity contribution in [2.45, 2.75) is 58.2 Å². The third-order valence-electron chi connectivity index (χ3n) is 4.28. The van der Waals surface area contributed by atoms with Crippen molar-refractivity contribution in [3.8, 4) is 0 Å². The molecule has 4 heteroatoms. The van der Waals surface area contributed by atoms with Crippen LogP contribution in [0.3, 0.4) is 0 Å². The van der Waals surface area contributed by atoms with Gasteiger partial charge in [-0.1, -0.05) is 50.4 Å². The summed E-state index contributed by atoms with van der Waals surface area (Å²) in [4.78, 5) is 2.47. The summed E-state index contributed by atoms with van der Waals surface area (Å²) in [5.41, 5.74) is 0.898. The van der Waals surface area contributed by atoms with E-state index in [0.29, 0.717) is 12.1 Å². The van der Waals surface area contributed by atoms with Crippen LogP contribution in [0.1, 0.15) is 45.1 Å². The highest BCUT2D eigenvalue weighted by molar-refractivity contribution is 6.31. The van der Waals surface area contributed by atoms with Gasteiger partial charge in [0.2, 0.25) is 0 Å². The maximum absolute atomic E-state index is 13.6. The molecular weight excluding hydrogens is 287 g/mol. The van der Waals surface area contributed by atoms with Crippen LogP contribution in [0.4, 0.5) is 4.39 Å². The van der Waals surface area contributed by atoms with Gasteiger partial charge in [-0.3, -0.25) is 4.90 Å². The number of nitrogens with one attached hydrogen (secondary N) is 1. The fourth-order valence-corrected chi connectivity index (χ4v) is 3.36. The molecule has 1 aliphatic heterocycles. The highest BCUT2D eigenvalue weighted by atomic mass is 35.5. The molecule has 2 unspecified atom stereocenters. The summed E-state index contributed by atoms with van der Waals surface area (Å²) in [6.45, 7) is 7.21. The number of hydrogen-bond acceptors (Lipinski definition) is 2. The zero-order valence-electron chi connectivity index (χ0n) is 13.0. The monoisotopic (exact) mass is 312 g/mol. The topological polar surface area (TPSA) is 15.3 Å². The minimum absolute atomic E-state index is 0.276. The lowest BCUT2D eigenvalue weighted by molar-refractivity contribution is 0.111. The molecule has 1 aliphatic rings. The summed E-state index contributed by atoms with van der Waals surface area (Å²) in [5.74, 6) is -0.318. The lowest BCUT2D eigenvalue weighted by Gasteiger charge is -2.40. The van der Waals surface area contributed by atoms with Crippen molar-refractivity contribution < 1.29 is 4.39 Å². The third-order valence-corrected chi connectivity index (χ3v) is 4.70. The third kappa shape index (κ3) is 4.41. The first kappa shape index (κ1) is 16.7. The molecule has 21 heavy (non-hydrogen) atoms. The fourth-order valence-electron chi connectivity index (χ4n) is 3.17. The van der Waals surface area contributed by atoms with Crippen molar-refractivity contribution in [2.75, 3.05) is 13.1 Å². The Balaban J connectivity index is 2.09. The number of halogens is 2. The molecule has 0 aromatic heterocycles. The molecule has 2 atom stereocenters. The van der Waals surface area contributed by atoms with E-state index < -0.39 is 0 Å². The van der Waals surface area contributed by atoms with Gasteiger partial charge in [-0.05, 0) is 24.5 Å². The first-order valence-electron chi connectivity index (χ1n) is 8.06. The Hall–Kier alpha value is -0.640. The molecule has 1 N–H and O–H groups in total. The maximum Gasteiger partial charge on any atom is 0.142 e. The van der Waals surface area contributed by atoms with Gasteiger partial charge in [0, 0.05) is 31.7 Å². The summed E-state index contributed by atoms with van der Waals surface area (Å²) in [6, 6.07) is 6.16. The van der Waals surface area contributed by atoms with Gasteiger partial charge < -0.3 is 5.32 Å². The van der Waals surface area contributed by atoms with Crippen LogP contribution in [-0.4, -0.2) is 30.1 Å². The van der Waals surface area contributed by atoms with Crippen molar-refractivity contribution in [1.29, 1.82) is 0 Å². The van der Waals surface area contributed by atoms with E-state index in [9.17, 15) is 4.39 Å². The minimum atomic E-state index is -0.318. The van der Waals surface area contributed by atoms with Crippen LogP contribution in [0.15, 0.2) is 18.2 Å². The lowest BCUT2D eigenvalue weighted by Crippen LogP contribution is -2.55. The summed E-state index contributed by atoms with van der Waals surface area (Å²) in [5, 5.41) is 3.92. The Morgan fingerprint density at radius 2 is 2.05 bits per heavy atom. The normalized spacial score (nSPS) is 23.4. The van der Waals surface area contributed by atoms with Gasteiger partial charge >= 0.3 is 0 Å². The molecule has 118 valence electrons. The van der Waals surface area contributed by atoms with E-state index in [0.717, 1.165) is 31.6 Å². The summed E-state index contributed by atoms with van der Waals surface area (Å²) < 4.78 is 13.6. The van der Waals surface area contributed by atoms with Crippen LogP contribution in [0.2, 0.25) is 5.02 Å². The van der Waals surface area contributed by atoms with E-state index >= 15 is 0 Å². The molecule has 0 spiro atoms. The van der Waals surface area contributed by atoms with E-state index in [4.69, 9.17) is 11.6 Å². The number of benzene rings is 1. The van der Waals surface area contributed by atoms with Gasteiger partial charge in [-0.2, -0.15) is 0 Å². The lowest BCUT2D eigenvalue weighted by atomic mass is 10.0. The second kappa shape index (κ2) is 8.11. The van der Waals surface area contributed by atoms with E-state index in [-0.39, 0.29) is 10.8 Å². The Kier molecular flexibility index (Phi) is 6.46. The largest absolute Gasteiger partial charge is 0.311 e. The van der Waals surface area contributed by atoms with Crippen LogP contribution < -0.4 is 5.32 Å². The molecule has 0 bridgehead atoms. The van der Waals surface area contributed by atoms with Gasteiger partial charge in [0.15, 0.2) is 0 Å². The number of hydrogen-bond donors (Lipinski definition) is 1. The standard InChI is InChI=1S/C17H26ClFN2/c1-3-6-14-12-21(15(7-4-2)10-20-14)11-13-8-5-9-16(19)17(13)18/h5,8-9,14-15,20H,3-4,6-7,10-12H2,1-2H3. The van der Waals surface area contributed by atoms with Crippen molar-refractivity contribution in [3.63, 3.8) is 0 Å². The minimum Gasteiger partial charge on any atom is -0.311 e. The Bertz CT molecular complexity index is 452. The molecular formula is C17H26ClFN2. The van der Waals surface area contributed by atoms with E-state index in [2.05, 4.69) is 24.1 Å². The zero-order chi connectivity index (χ0) is 15.2. The average Bonchev–Trinajstić information content (AvgIpc) is 2.47. The molecule has 1 aromatic rings. The number of nitrogens with zero attached hydrogens (tertiary/aromatic N) is 1. The number of rotatable bonds is 6. The predicted octanol–water partition coefficient (Wildman–Crippen LogP) is 4.22. The first-order chi connectivity index (χ1) is 10.2. The molecule has 1 heterocycles. The average molecular weight is 313 g/mol. The molecule has 1 fully saturated rings. The van der Waals surface area contributed by atoms with Crippen LogP contribution >= 0.6 is 11.6 Å². The summed E-state index contributed by atoms with van der Waals surface area (Å²) in [7, 11) is 0. The van der Waals surface area contributed by atoms with Gasteiger partial charge in [-0.25, -0.2) is 4.39 Å². The van der Waals surface area contributed by atoms with Crippen molar-refractivity contribution >= 4 is 11.6 Å². The van der Waals surface area contributed by atoms with Gasteiger partial charge in [0.1, 0.15) is 5.82 Å². The van der Waals surface area contributed by atoms with Gasteiger partial charge in [0.05, 0.1) is 5.02 Å². The van der Waals surface area contributed by atoms with Crippen molar-refractivity contribution in [2.24, 2.45) is 0 Å². The molecule has 0 radical (unpaired) electrons. The summed E-state index contributed by atoms with van der Waals surface area (Å²) >= 11 is 6.12. The SMILES string of the molecule is CCCC1CN(Cc2cccc(F)c2Cl)C(CCC)CN1. The van der Waals surface area contributed by atoms with E-state index in [1.807, 2.05) is 6.07 Å². The molecule has 0 amide bonds. The summed E-state index contributed by atoms with van der Waals surface area (Å²) in [6.07, 6.45) is 4.70. The van der Waals surface area contributed by atoms with E-state index in [1.54, 1.807) is 6.07 Å². The molecule has 0 saturated carbocycles. The highest BCUT2D eigenvalue weighted by Gasteiger charge is 2.27. The fraction of sp³-hybridized carbons (Fsp3) is 0.647. The van der Waals surface area contributed by atoms with Gasteiger partial charge in [0.25, 0.3) is 0 Å². The van der Waals surface area contributed by atoms with Gasteiger partial charge in [-0.15, -0.1) is 0 Å². The smallest absolute Gasteiger partial charge is 0.142 e. The molecule has 1 saturated heterocycles. The molecule has 2 rings (SSSR count). The first-order valence-corrected chi connectivity index (χ1v) is 8.43. The Morgan fingerprint density at radius 1 is 1.29 bits per heavy atom. The second-order valence-corrected chi connectivity index (χ2v) is 6.36. The maximum atomic E-state index is 13.6. The van der Waals surface area contributed by atoms with Crippen LogP contribution in [0.25, 0.3) is 0 Å². The van der Waals surface area contributed by atoms with Crippen LogP contribution in [-0.2, 0) is 6.54 Å². The second-order valence-electron chi connectivity index (χ2n) is 5.98. The quantitative estimate of drug-likeness (QED) is 0.846. The highest BCUT2D eigenvalue weighted by Crippen LogP contribution is 2.24. The van der Waals surface area contributed by atoms with Crippen molar-refractivity contribution in [1.82, 2.24) is 10.2 Å². The van der Waals surface area contributed by atoms with Crippen LogP contribution in [0.5, 0.6) is 0 Å². The zero-order valence-corrected chi connectivity index (χ0v) is 13.8. The van der Waals surface area contributed by atoms with Crippen LogP contribution in [0, 0.1) is 5.82 Å².